The van der Waals surface area contributed by atoms with Gasteiger partial charge in [0.1, 0.15) is 16.4 Å². The number of nitrogens with two attached hydrogens (primary N) is 1. The third-order valence-corrected chi connectivity index (χ3v) is 3.26. The minimum Gasteiger partial charge on any atom is -0.389 e. The molecular weight excluding hydrogens is 314 g/mol. The summed E-state index contributed by atoms with van der Waals surface area (Å²) in [6, 6.07) is 7.62. The van der Waals surface area contributed by atoms with Gasteiger partial charge in [-0.15, -0.1) is 0 Å². The second kappa shape index (κ2) is 5.49. The van der Waals surface area contributed by atoms with Crippen molar-refractivity contribution < 1.29 is 4.52 Å². The van der Waals surface area contributed by atoms with Crippen LogP contribution in [-0.4, -0.2) is 10.1 Å². The van der Waals surface area contributed by atoms with E-state index in [4.69, 9.17) is 22.5 Å². The first-order valence-electron chi connectivity index (χ1n) is 5.32. The van der Waals surface area contributed by atoms with E-state index in [9.17, 15) is 0 Å². The van der Waals surface area contributed by atoms with Gasteiger partial charge in [-0.05, 0) is 35.0 Å². The molecule has 0 aliphatic heterocycles. The van der Waals surface area contributed by atoms with Gasteiger partial charge in [0.25, 0.3) is 0 Å². The van der Waals surface area contributed by atoms with Gasteiger partial charge in [-0.1, -0.05) is 23.4 Å². The minimum atomic E-state index is 0.348. The maximum absolute atomic E-state index is 5.72. The highest BCUT2D eigenvalue weighted by molar-refractivity contribution is 9.10. The van der Waals surface area contributed by atoms with E-state index >= 15 is 0 Å². The lowest BCUT2D eigenvalue weighted by atomic mass is 10.1. The van der Waals surface area contributed by atoms with Crippen LogP contribution in [0.2, 0.25) is 0 Å². The van der Waals surface area contributed by atoms with Gasteiger partial charge in [0.2, 0.25) is 0 Å². The molecule has 1 aromatic heterocycles. The van der Waals surface area contributed by atoms with Crippen LogP contribution >= 0.6 is 28.1 Å². The van der Waals surface area contributed by atoms with E-state index in [1.165, 1.54) is 0 Å². The van der Waals surface area contributed by atoms with Gasteiger partial charge in [0.15, 0.2) is 0 Å². The second-order valence-electron chi connectivity index (χ2n) is 3.81. The number of anilines is 1. The minimum absolute atomic E-state index is 0.348. The van der Waals surface area contributed by atoms with E-state index in [0.717, 1.165) is 27.2 Å². The molecule has 0 radical (unpaired) electrons. The maximum Gasteiger partial charge on any atom is 0.133 e. The lowest BCUT2D eigenvalue weighted by molar-refractivity contribution is 0.391. The second-order valence-corrected chi connectivity index (χ2v) is 5.10. The molecule has 0 spiro atoms. The Morgan fingerprint density at radius 3 is 2.94 bits per heavy atom. The zero-order chi connectivity index (χ0) is 13.1. The Kier molecular flexibility index (Phi) is 3.98. The summed E-state index contributed by atoms with van der Waals surface area (Å²) < 4.78 is 5.88. The summed E-state index contributed by atoms with van der Waals surface area (Å²) in [6.07, 6.45) is 0. The zero-order valence-corrected chi connectivity index (χ0v) is 12.1. The number of halogens is 1. The first kappa shape index (κ1) is 13.0. The first-order valence-corrected chi connectivity index (χ1v) is 6.52. The number of nitrogens with zero attached hydrogens (tertiary/aromatic N) is 1. The number of nitrogens with one attached hydrogen (secondary N) is 1. The van der Waals surface area contributed by atoms with Crippen LogP contribution in [0.15, 0.2) is 33.3 Å². The number of hydrogen-bond donors (Lipinski definition) is 2. The number of thiocarbonyl (C=S) groups is 1. The van der Waals surface area contributed by atoms with E-state index in [1.54, 1.807) is 0 Å². The lowest BCUT2D eigenvalue weighted by Crippen LogP contribution is -2.14. The summed E-state index contributed by atoms with van der Waals surface area (Å²) in [5, 5.41) is 7.16. The van der Waals surface area contributed by atoms with Gasteiger partial charge in [-0.3, -0.25) is 0 Å². The average molecular weight is 326 g/mol. The van der Waals surface area contributed by atoms with E-state index < -0.39 is 0 Å². The van der Waals surface area contributed by atoms with Gasteiger partial charge in [0.05, 0.1) is 6.54 Å². The van der Waals surface area contributed by atoms with E-state index in [-0.39, 0.29) is 0 Å². The summed E-state index contributed by atoms with van der Waals surface area (Å²) in [5.41, 5.74) is 8.22. The van der Waals surface area contributed by atoms with Gasteiger partial charge < -0.3 is 15.6 Å². The Labute approximate surface area is 119 Å². The molecule has 1 aromatic carbocycles. The Morgan fingerprint density at radius 2 is 2.33 bits per heavy atom. The normalized spacial score (nSPS) is 10.3. The highest BCUT2D eigenvalue weighted by Crippen LogP contribution is 2.25. The van der Waals surface area contributed by atoms with Crippen LogP contribution in [-0.2, 0) is 6.54 Å². The molecule has 6 heteroatoms. The molecule has 0 saturated heterocycles. The molecule has 2 aromatic rings. The number of aryl methyl sites for hydroxylation is 1. The maximum atomic E-state index is 5.72. The number of rotatable bonds is 4. The fourth-order valence-electron chi connectivity index (χ4n) is 1.61. The van der Waals surface area contributed by atoms with E-state index in [1.807, 2.05) is 31.2 Å². The molecule has 0 aliphatic rings. The predicted octanol–water partition coefficient (Wildman–Crippen LogP) is 2.99. The zero-order valence-electron chi connectivity index (χ0n) is 9.74. The van der Waals surface area contributed by atoms with Crippen LogP contribution in [0, 0.1) is 6.92 Å². The summed E-state index contributed by atoms with van der Waals surface area (Å²) in [5.74, 6) is 0.788. The van der Waals surface area contributed by atoms with E-state index in [0.29, 0.717) is 11.5 Å². The SMILES string of the molecule is Cc1cc(CNc2cccc(Br)c2C(N)=S)no1. The molecule has 1 heterocycles. The molecule has 4 nitrogen and oxygen atoms in total. The van der Waals surface area contributed by atoms with Crippen LogP contribution in [0.4, 0.5) is 5.69 Å². The Hall–Kier alpha value is -1.40. The third kappa shape index (κ3) is 2.88. The van der Waals surface area contributed by atoms with Crippen LogP contribution in [0.3, 0.4) is 0 Å². The van der Waals surface area contributed by atoms with Crippen molar-refractivity contribution in [1.82, 2.24) is 5.16 Å². The smallest absolute Gasteiger partial charge is 0.133 e. The van der Waals surface area contributed by atoms with E-state index in [2.05, 4.69) is 26.4 Å². The molecule has 18 heavy (non-hydrogen) atoms. The Morgan fingerprint density at radius 1 is 1.56 bits per heavy atom. The van der Waals surface area contributed by atoms with Crippen molar-refractivity contribution in [3.8, 4) is 0 Å². The molecule has 0 atom stereocenters. The van der Waals surface area contributed by atoms with Gasteiger partial charge >= 0.3 is 0 Å². The standard InChI is InChI=1S/C12H12BrN3OS/c1-7-5-8(16-17-7)6-15-10-4-2-3-9(13)11(10)12(14)18/h2-5,15H,6H2,1H3,(H2,14,18). The fraction of sp³-hybridized carbons (Fsp3) is 0.167. The molecule has 0 unspecified atom stereocenters. The molecule has 94 valence electrons. The molecule has 3 N–H and O–H groups in total. The summed E-state index contributed by atoms with van der Waals surface area (Å²) in [6.45, 7) is 2.42. The van der Waals surface area contributed by atoms with Crippen molar-refractivity contribution in [1.29, 1.82) is 0 Å². The van der Waals surface area contributed by atoms with Crippen molar-refractivity contribution in [2.45, 2.75) is 13.5 Å². The Balaban J connectivity index is 2.19. The summed E-state index contributed by atoms with van der Waals surface area (Å²) >= 11 is 8.48. The van der Waals surface area contributed by atoms with Gasteiger partial charge in [-0.25, -0.2) is 0 Å². The molecule has 0 aliphatic carbocycles. The van der Waals surface area contributed by atoms with Crippen molar-refractivity contribution in [2.75, 3.05) is 5.32 Å². The largest absolute Gasteiger partial charge is 0.389 e. The molecular formula is C12H12BrN3OS. The van der Waals surface area contributed by atoms with Crippen LogP contribution in [0.1, 0.15) is 17.0 Å². The van der Waals surface area contributed by atoms with Crippen LogP contribution in [0.5, 0.6) is 0 Å². The quantitative estimate of drug-likeness (QED) is 0.846. The van der Waals surface area contributed by atoms with Crippen molar-refractivity contribution in [2.24, 2.45) is 5.73 Å². The molecule has 2 rings (SSSR count). The lowest BCUT2D eigenvalue weighted by Gasteiger charge is -2.11. The predicted molar refractivity (Wildman–Crippen MR) is 78.6 cm³/mol. The van der Waals surface area contributed by atoms with Gasteiger partial charge in [-0.2, -0.15) is 0 Å². The van der Waals surface area contributed by atoms with Crippen molar-refractivity contribution in [3.63, 3.8) is 0 Å². The highest BCUT2D eigenvalue weighted by atomic mass is 79.9. The monoisotopic (exact) mass is 325 g/mol. The van der Waals surface area contributed by atoms with Crippen LogP contribution in [0.25, 0.3) is 0 Å². The molecule has 0 saturated carbocycles. The fourth-order valence-corrected chi connectivity index (χ4v) is 2.54. The Bertz CT molecular complexity index is 582. The molecule has 0 fully saturated rings. The first-order chi connectivity index (χ1) is 8.58. The van der Waals surface area contributed by atoms with Crippen molar-refractivity contribution >= 4 is 38.8 Å². The van der Waals surface area contributed by atoms with Gasteiger partial charge in [0, 0.05) is 21.8 Å². The third-order valence-electron chi connectivity index (χ3n) is 2.40. The average Bonchev–Trinajstić information content (AvgIpc) is 2.72. The summed E-state index contributed by atoms with van der Waals surface area (Å²) in [4.78, 5) is 0.348. The number of hydrogen-bond acceptors (Lipinski definition) is 4. The topological polar surface area (TPSA) is 64.1 Å². The summed E-state index contributed by atoms with van der Waals surface area (Å²) in [7, 11) is 0. The number of aromatic nitrogens is 1. The molecule has 0 amide bonds. The van der Waals surface area contributed by atoms with Crippen molar-refractivity contribution in [3.05, 3.63) is 45.8 Å². The number of benzene rings is 1. The molecule has 0 bridgehead atoms. The van der Waals surface area contributed by atoms with Crippen LogP contribution < -0.4 is 11.1 Å². The highest BCUT2D eigenvalue weighted by Gasteiger charge is 2.09.